The second-order valence-electron chi connectivity index (χ2n) is 12.0. The number of amides is 2. The van der Waals surface area contributed by atoms with Crippen molar-refractivity contribution in [3.63, 3.8) is 0 Å². The van der Waals surface area contributed by atoms with Crippen LogP contribution in [0.5, 0.6) is 0 Å². The quantitative estimate of drug-likeness (QED) is 0.502. The highest BCUT2D eigenvalue weighted by atomic mass is 16.5. The van der Waals surface area contributed by atoms with Crippen LogP contribution in [-0.4, -0.2) is 85.4 Å². The molecule has 2 N–H and O–H groups in total. The molecule has 3 saturated heterocycles. The molecule has 4 atom stereocenters. The van der Waals surface area contributed by atoms with E-state index in [1.807, 2.05) is 12.1 Å². The Morgan fingerprint density at radius 2 is 1.82 bits per heavy atom. The van der Waals surface area contributed by atoms with Gasteiger partial charge >= 0.3 is 0 Å². The Hall–Kier alpha value is -2.45. The molecule has 8 heteroatoms. The van der Waals surface area contributed by atoms with Crippen molar-refractivity contribution in [3.05, 3.63) is 29.3 Å². The third-order valence-electron chi connectivity index (χ3n) is 9.06. The first-order chi connectivity index (χ1) is 18.1. The summed E-state index contributed by atoms with van der Waals surface area (Å²) in [6.45, 7) is 16.0. The van der Waals surface area contributed by atoms with Gasteiger partial charge in [-0.3, -0.25) is 19.3 Å². The molecule has 4 rings (SSSR count). The number of nitrogens with zero attached hydrogens (tertiary/aromatic N) is 3. The number of anilines is 1. The normalized spacial score (nSPS) is 25.1. The molecule has 3 aliphatic heterocycles. The monoisotopic (exact) mass is 526 g/mol. The van der Waals surface area contributed by atoms with E-state index >= 15 is 0 Å². The van der Waals surface area contributed by atoms with Crippen molar-refractivity contribution < 1.29 is 19.1 Å². The maximum absolute atomic E-state index is 14.5. The minimum absolute atomic E-state index is 0.0242. The maximum atomic E-state index is 14.5. The van der Waals surface area contributed by atoms with Gasteiger partial charge in [-0.25, -0.2) is 0 Å². The third kappa shape index (κ3) is 5.48. The number of rotatable bonds is 10. The number of primary amides is 1. The first-order valence-electron chi connectivity index (χ1n) is 14.5. The molecule has 210 valence electrons. The van der Waals surface area contributed by atoms with E-state index < -0.39 is 23.3 Å². The Balaban J connectivity index is 1.72. The summed E-state index contributed by atoms with van der Waals surface area (Å²) in [5, 5.41) is 0. The topological polar surface area (TPSA) is 96.2 Å². The van der Waals surface area contributed by atoms with E-state index in [1.54, 1.807) is 11.0 Å². The number of hydrogen-bond acceptors (Lipinski definition) is 6. The zero-order valence-corrected chi connectivity index (χ0v) is 23.9. The summed E-state index contributed by atoms with van der Waals surface area (Å²) in [6.07, 6.45) is 3.51. The van der Waals surface area contributed by atoms with Crippen molar-refractivity contribution in [1.29, 1.82) is 0 Å². The molecular formula is C30H46N4O4. The van der Waals surface area contributed by atoms with Crippen molar-refractivity contribution in [1.82, 2.24) is 9.80 Å². The summed E-state index contributed by atoms with van der Waals surface area (Å²) in [5.74, 6) is -1.12. The van der Waals surface area contributed by atoms with Crippen LogP contribution >= 0.6 is 0 Å². The number of piperazine rings is 1. The van der Waals surface area contributed by atoms with Gasteiger partial charge in [0.2, 0.25) is 11.8 Å². The fourth-order valence-electron chi connectivity index (χ4n) is 6.62. The molecule has 1 aromatic rings. The lowest BCUT2D eigenvalue weighted by Gasteiger charge is -2.39. The number of carbonyl (C=O) groups excluding carboxylic acids is 3. The number of hydrogen-bond donors (Lipinski definition) is 1. The molecule has 0 spiro atoms. The van der Waals surface area contributed by atoms with Crippen molar-refractivity contribution in [2.75, 3.05) is 50.8 Å². The van der Waals surface area contributed by atoms with E-state index in [-0.39, 0.29) is 30.3 Å². The van der Waals surface area contributed by atoms with E-state index in [4.69, 9.17) is 10.5 Å². The smallest absolute Gasteiger partial charge is 0.249 e. The molecule has 0 saturated carbocycles. The van der Waals surface area contributed by atoms with E-state index in [2.05, 4.69) is 44.4 Å². The molecule has 0 unspecified atom stereocenters. The van der Waals surface area contributed by atoms with Gasteiger partial charge in [0, 0.05) is 49.9 Å². The third-order valence-corrected chi connectivity index (χ3v) is 9.06. The van der Waals surface area contributed by atoms with Crippen LogP contribution in [0, 0.1) is 11.3 Å². The Labute approximate surface area is 227 Å². The lowest BCUT2D eigenvalue weighted by Crippen LogP contribution is -2.48. The van der Waals surface area contributed by atoms with Crippen LogP contribution in [0.1, 0.15) is 82.1 Å². The maximum Gasteiger partial charge on any atom is 0.249 e. The lowest BCUT2D eigenvalue weighted by molar-refractivity contribution is -0.140. The van der Waals surface area contributed by atoms with Crippen molar-refractivity contribution in [3.8, 4) is 0 Å². The average molecular weight is 527 g/mol. The number of Topliss-reactive ketones (excluding diaryl/α,β-unsaturated/α-hetero) is 1. The summed E-state index contributed by atoms with van der Waals surface area (Å²) in [6, 6.07) is 5.21. The molecule has 38 heavy (non-hydrogen) atoms. The highest BCUT2D eigenvalue weighted by molar-refractivity contribution is 5.99. The van der Waals surface area contributed by atoms with Gasteiger partial charge < -0.3 is 20.3 Å². The second-order valence-corrected chi connectivity index (χ2v) is 12.0. The van der Waals surface area contributed by atoms with E-state index in [9.17, 15) is 14.4 Å². The largest absolute Gasteiger partial charge is 0.369 e. The minimum atomic E-state index is -0.606. The molecule has 3 aliphatic rings. The average Bonchev–Trinajstić information content (AvgIpc) is 3.45. The Morgan fingerprint density at radius 1 is 1.11 bits per heavy atom. The molecule has 2 amide bonds. The van der Waals surface area contributed by atoms with Gasteiger partial charge in [-0.15, -0.1) is 0 Å². The number of ketones is 1. The molecule has 0 radical (unpaired) electrons. The van der Waals surface area contributed by atoms with Crippen LogP contribution in [0.3, 0.4) is 0 Å². The van der Waals surface area contributed by atoms with Gasteiger partial charge in [-0.2, -0.15) is 0 Å². The van der Waals surface area contributed by atoms with E-state index in [1.165, 1.54) is 0 Å². The first kappa shape index (κ1) is 28.6. The molecular weight excluding hydrogens is 480 g/mol. The van der Waals surface area contributed by atoms with Crippen LogP contribution in [-0.2, 0) is 14.3 Å². The number of likely N-dealkylation sites (tertiary alicyclic amines) is 1. The Bertz CT molecular complexity index is 1030. The van der Waals surface area contributed by atoms with Gasteiger partial charge in [0.1, 0.15) is 12.6 Å². The lowest BCUT2D eigenvalue weighted by atomic mass is 9.71. The molecule has 1 aromatic carbocycles. The van der Waals surface area contributed by atoms with Crippen LogP contribution in [0.2, 0.25) is 0 Å². The first-order valence-corrected chi connectivity index (χ1v) is 14.5. The number of ether oxygens (including phenoxy) is 1. The molecule has 0 aliphatic carbocycles. The summed E-state index contributed by atoms with van der Waals surface area (Å²) >= 11 is 0. The Kier molecular flexibility index (Phi) is 8.82. The summed E-state index contributed by atoms with van der Waals surface area (Å²) in [5.41, 5.74) is 7.49. The molecule has 0 aromatic heterocycles. The fourth-order valence-corrected chi connectivity index (χ4v) is 6.62. The number of nitrogens with two attached hydrogens (primary N) is 1. The second kappa shape index (κ2) is 11.7. The van der Waals surface area contributed by atoms with Crippen LogP contribution in [0.4, 0.5) is 5.69 Å². The zero-order valence-electron chi connectivity index (χ0n) is 23.9. The SMILES string of the molecule is CCC[C@H]1CN(C(=O)[C@H](c2cc(N3CCN(CCC)CC3)ccc2C(N)=O)C(C)(C)CC)[C@@H]2C(=O)CO[C@H]12. The van der Waals surface area contributed by atoms with Gasteiger partial charge in [0.15, 0.2) is 5.78 Å². The van der Waals surface area contributed by atoms with Crippen LogP contribution in [0.15, 0.2) is 18.2 Å². The number of fused-ring (bicyclic) bond motifs is 1. The summed E-state index contributed by atoms with van der Waals surface area (Å²) < 4.78 is 5.89. The molecule has 0 bridgehead atoms. The Morgan fingerprint density at radius 3 is 2.42 bits per heavy atom. The standard InChI is InChI=1S/C30H46N4O4/c1-6-9-20-18-34(26-24(35)19-38-27(20)26)29(37)25(30(4,5)8-3)23-17-21(10-11-22(23)28(31)36)33-15-13-32(12-7-2)14-16-33/h10-11,17,20,25-27H,6-9,12-16,18-19H2,1-5H3,(H2,31,36)/t20-,25-,26+,27+/m0/s1. The van der Waals surface area contributed by atoms with Crippen molar-refractivity contribution in [2.24, 2.45) is 17.1 Å². The van der Waals surface area contributed by atoms with Gasteiger partial charge in [-0.1, -0.05) is 41.0 Å². The van der Waals surface area contributed by atoms with Gasteiger partial charge in [0.25, 0.3) is 0 Å². The molecule has 8 nitrogen and oxygen atoms in total. The number of benzene rings is 1. The summed E-state index contributed by atoms with van der Waals surface area (Å²) in [4.78, 5) is 46.6. The fraction of sp³-hybridized carbons (Fsp3) is 0.700. The predicted molar refractivity (Wildman–Crippen MR) is 149 cm³/mol. The molecule has 3 heterocycles. The van der Waals surface area contributed by atoms with Crippen LogP contribution < -0.4 is 10.6 Å². The molecule has 3 fully saturated rings. The van der Waals surface area contributed by atoms with E-state index in [0.29, 0.717) is 17.7 Å². The van der Waals surface area contributed by atoms with Crippen molar-refractivity contribution >= 4 is 23.3 Å². The van der Waals surface area contributed by atoms with Crippen LogP contribution in [0.25, 0.3) is 0 Å². The van der Waals surface area contributed by atoms with Gasteiger partial charge in [-0.05, 0) is 55.0 Å². The summed E-state index contributed by atoms with van der Waals surface area (Å²) in [7, 11) is 0. The minimum Gasteiger partial charge on any atom is -0.369 e. The van der Waals surface area contributed by atoms with E-state index in [0.717, 1.165) is 64.1 Å². The number of carbonyl (C=O) groups is 3. The predicted octanol–water partition coefficient (Wildman–Crippen LogP) is 3.43. The highest BCUT2D eigenvalue weighted by Crippen LogP contribution is 2.45. The van der Waals surface area contributed by atoms with Gasteiger partial charge in [0.05, 0.1) is 12.0 Å². The van der Waals surface area contributed by atoms with Crippen molar-refractivity contribution in [2.45, 2.75) is 78.4 Å². The highest BCUT2D eigenvalue weighted by Gasteiger charge is 2.54. The zero-order chi connectivity index (χ0) is 27.6.